The lowest BCUT2D eigenvalue weighted by Crippen LogP contribution is -2.18. The molecular weight excluding hydrogens is 383 g/mol. The Kier molecular flexibility index (Phi) is 5.81. The lowest BCUT2D eigenvalue weighted by Gasteiger charge is -2.05. The minimum atomic E-state index is -3.74. The Morgan fingerprint density at radius 1 is 0.929 bits per heavy atom. The zero-order chi connectivity index (χ0) is 20.0. The second kappa shape index (κ2) is 8.45. The summed E-state index contributed by atoms with van der Waals surface area (Å²) in [5.41, 5.74) is 0.407. The van der Waals surface area contributed by atoms with E-state index in [4.69, 9.17) is 4.74 Å². The van der Waals surface area contributed by atoms with Crippen molar-refractivity contribution >= 4 is 22.2 Å². The van der Waals surface area contributed by atoms with Gasteiger partial charge in [0.25, 0.3) is 10.0 Å². The van der Waals surface area contributed by atoms with E-state index in [1.165, 1.54) is 54.7 Å². The molecule has 142 valence electrons. The van der Waals surface area contributed by atoms with Gasteiger partial charge in [-0.15, -0.1) is 0 Å². The minimum Gasteiger partial charge on any atom is -0.423 e. The highest BCUT2D eigenvalue weighted by Gasteiger charge is 2.13. The molecule has 0 amide bonds. The van der Waals surface area contributed by atoms with Crippen LogP contribution in [0.3, 0.4) is 0 Å². The Labute approximate surface area is 161 Å². The van der Waals surface area contributed by atoms with E-state index in [9.17, 15) is 17.6 Å². The summed E-state index contributed by atoms with van der Waals surface area (Å²) in [6, 6.07) is 19.5. The number of carbonyl (C=O) groups is 1. The Bertz CT molecular complexity index is 1100. The second-order valence-electron chi connectivity index (χ2n) is 5.60. The van der Waals surface area contributed by atoms with Crippen molar-refractivity contribution < 1.29 is 22.3 Å². The highest BCUT2D eigenvalue weighted by atomic mass is 32.2. The number of hydrazone groups is 1. The summed E-state index contributed by atoms with van der Waals surface area (Å²) in [6.45, 7) is 0. The van der Waals surface area contributed by atoms with Crippen LogP contribution in [0, 0.1) is 5.82 Å². The molecule has 1 N–H and O–H groups in total. The molecule has 0 heterocycles. The Hall–Kier alpha value is -3.52. The molecule has 3 aromatic carbocycles. The van der Waals surface area contributed by atoms with Crippen molar-refractivity contribution in [3.8, 4) is 5.75 Å². The summed E-state index contributed by atoms with van der Waals surface area (Å²) < 4.78 is 42.8. The van der Waals surface area contributed by atoms with E-state index in [0.717, 1.165) is 0 Å². The van der Waals surface area contributed by atoms with Gasteiger partial charge in [0.2, 0.25) is 0 Å². The molecule has 0 saturated carbocycles. The van der Waals surface area contributed by atoms with Crippen LogP contribution in [0.15, 0.2) is 88.9 Å². The molecule has 0 saturated heterocycles. The van der Waals surface area contributed by atoms with Crippen LogP contribution in [0.25, 0.3) is 0 Å². The van der Waals surface area contributed by atoms with Crippen molar-refractivity contribution in [3.05, 3.63) is 95.8 Å². The standard InChI is InChI=1S/C20H15FN2O4S/c21-19-9-5-4-8-18(19)20(24)27-16-12-10-15(11-13-16)14-22-23-28(25,26)17-6-2-1-3-7-17/h1-14,23H/b22-14+. The average molecular weight is 398 g/mol. The summed E-state index contributed by atoms with van der Waals surface area (Å²) in [5, 5.41) is 3.72. The van der Waals surface area contributed by atoms with Crippen LogP contribution >= 0.6 is 0 Å². The third kappa shape index (κ3) is 4.80. The van der Waals surface area contributed by atoms with E-state index in [1.54, 1.807) is 30.3 Å². The zero-order valence-corrected chi connectivity index (χ0v) is 15.3. The SMILES string of the molecule is O=C(Oc1ccc(/C=N/NS(=O)(=O)c2ccccc2)cc1)c1ccccc1F. The average Bonchev–Trinajstić information content (AvgIpc) is 2.70. The van der Waals surface area contributed by atoms with E-state index in [-0.39, 0.29) is 16.2 Å². The maximum atomic E-state index is 13.6. The Morgan fingerprint density at radius 3 is 2.25 bits per heavy atom. The normalized spacial score (nSPS) is 11.3. The van der Waals surface area contributed by atoms with Gasteiger partial charge in [-0.1, -0.05) is 30.3 Å². The highest BCUT2D eigenvalue weighted by molar-refractivity contribution is 7.89. The number of benzene rings is 3. The molecule has 0 spiro atoms. The van der Waals surface area contributed by atoms with Gasteiger partial charge in [-0.05, 0) is 54.1 Å². The molecule has 0 fully saturated rings. The van der Waals surface area contributed by atoms with Crippen LogP contribution in [0.1, 0.15) is 15.9 Å². The number of sulfonamides is 1. The number of nitrogens with one attached hydrogen (secondary N) is 1. The fourth-order valence-electron chi connectivity index (χ4n) is 2.23. The summed E-state index contributed by atoms with van der Waals surface area (Å²) in [6.07, 6.45) is 1.31. The lowest BCUT2D eigenvalue weighted by molar-refractivity contribution is 0.0730. The number of hydrogen-bond acceptors (Lipinski definition) is 5. The van der Waals surface area contributed by atoms with Crippen LogP contribution < -0.4 is 9.57 Å². The molecule has 0 radical (unpaired) electrons. The Morgan fingerprint density at radius 2 is 1.57 bits per heavy atom. The fraction of sp³-hybridized carbons (Fsp3) is 0. The summed E-state index contributed by atoms with van der Waals surface area (Å²) >= 11 is 0. The smallest absolute Gasteiger partial charge is 0.346 e. The first-order valence-electron chi connectivity index (χ1n) is 8.12. The van der Waals surface area contributed by atoms with Gasteiger partial charge in [0.05, 0.1) is 16.7 Å². The number of halogens is 1. The first-order valence-corrected chi connectivity index (χ1v) is 9.61. The molecule has 0 aliphatic heterocycles. The fourth-order valence-corrected chi connectivity index (χ4v) is 3.05. The van der Waals surface area contributed by atoms with Crippen molar-refractivity contribution in [1.82, 2.24) is 4.83 Å². The van der Waals surface area contributed by atoms with Crippen molar-refractivity contribution in [2.75, 3.05) is 0 Å². The monoisotopic (exact) mass is 398 g/mol. The maximum absolute atomic E-state index is 13.6. The van der Waals surface area contributed by atoms with Crippen molar-refractivity contribution in [2.45, 2.75) is 4.90 Å². The second-order valence-corrected chi connectivity index (χ2v) is 7.27. The largest absolute Gasteiger partial charge is 0.423 e. The summed E-state index contributed by atoms with van der Waals surface area (Å²) in [5.74, 6) is -1.26. The highest BCUT2D eigenvalue weighted by Crippen LogP contribution is 2.15. The van der Waals surface area contributed by atoms with Gasteiger partial charge in [0.1, 0.15) is 11.6 Å². The zero-order valence-electron chi connectivity index (χ0n) is 14.4. The van der Waals surface area contributed by atoms with Crippen LogP contribution in [0.2, 0.25) is 0 Å². The van der Waals surface area contributed by atoms with E-state index in [0.29, 0.717) is 5.56 Å². The Balaban J connectivity index is 1.62. The molecule has 8 heteroatoms. The van der Waals surface area contributed by atoms with Gasteiger partial charge in [-0.25, -0.2) is 14.0 Å². The molecule has 0 aromatic heterocycles. The van der Waals surface area contributed by atoms with Gasteiger partial charge >= 0.3 is 5.97 Å². The first kappa shape index (κ1) is 19.2. The third-order valence-corrected chi connectivity index (χ3v) is 4.86. The molecular formula is C20H15FN2O4S. The predicted molar refractivity (Wildman–Crippen MR) is 102 cm³/mol. The quantitative estimate of drug-likeness (QED) is 0.299. The summed E-state index contributed by atoms with van der Waals surface area (Å²) in [7, 11) is -3.74. The van der Waals surface area contributed by atoms with Gasteiger partial charge in [0, 0.05) is 0 Å². The number of nitrogens with zero attached hydrogens (tertiary/aromatic N) is 1. The van der Waals surface area contributed by atoms with Crippen LogP contribution in [-0.2, 0) is 10.0 Å². The van der Waals surface area contributed by atoms with Crippen molar-refractivity contribution in [1.29, 1.82) is 0 Å². The lowest BCUT2D eigenvalue weighted by atomic mass is 10.2. The molecule has 28 heavy (non-hydrogen) atoms. The van der Waals surface area contributed by atoms with Gasteiger partial charge in [-0.2, -0.15) is 13.5 Å². The number of esters is 1. The molecule has 0 aliphatic carbocycles. The minimum absolute atomic E-state index is 0.0996. The molecule has 3 aromatic rings. The molecule has 3 rings (SSSR count). The van der Waals surface area contributed by atoms with E-state index < -0.39 is 21.8 Å². The number of rotatable bonds is 6. The number of hydrogen-bond donors (Lipinski definition) is 1. The summed E-state index contributed by atoms with van der Waals surface area (Å²) in [4.78, 5) is 14.2. The first-order chi connectivity index (χ1) is 13.5. The van der Waals surface area contributed by atoms with E-state index in [1.807, 2.05) is 0 Å². The maximum Gasteiger partial charge on any atom is 0.346 e. The van der Waals surface area contributed by atoms with Crippen LogP contribution in [0.5, 0.6) is 5.75 Å². The van der Waals surface area contributed by atoms with Gasteiger partial charge < -0.3 is 4.74 Å². The number of carbonyl (C=O) groups excluding carboxylic acids is 1. The van der Waals surface area contributed by atoms with Crippen molar-refractivity contribution in [2.24, 2.45) is 5.10 Å². The molecule has 0 atom stereocenters. The van der Waals surface area contributed by atoms with Crippen LogP contribution in [-0.4, -0.2) is 20.6 Å². The van der Waals surface area contributed by atoms with Crippen LogP contribution in [0.4, 0.5) is 4.39 Å². The third-order valence-electron chi connectivity index (χ3n) is 3.62. The van der Waals surface area contributed by atoms with Gasteiger partial charge in [0.15, 0.2) is 0 Å². The molecule has 0 unspecified atom stereocenters. The molecule has 0 bridgehead atoms. The predicted octanol–water partition coefficient (Wildman–Crippen LogP) is 3.36. The van der Waals surface area contributed by atoms with Crippen molar-refractivity contribution in [3.63, 3.8) is 0 Å². The van der Waals surface area contributed by atoms with E-state index >= 15 is 0 Å². The molecule has 0 aliphatic rings. The molecule has 6 nitrogen and oxygen atoms in total. The number of ether oxygens (including phenoxy) is 1. The topological polar surface area (TPSA) is 84.8 Å². The van der Waals surface area contributed by atoms with Gasteiger partial charge in [-0.3, -0.25) is 0 Å². The van der Waals surface area contributed by atoms with E-state index in [2.05, 4.69) is 9.93 Å².